The first-order valence-corrected chi connectivity index (χ1v) is 7.66. The number of unbranched alkanes of at least 4 members (excludes halogenated alkanes) is 1. The zero-order chi connectivity index (χ0) is 15.7. The third kappa shape index (κ3) is 6.28. The molecule has 0 aliphatic carbocycles. The highest BCUT2D eigenvalue weighted by Gasteiger charge is 2.16. The van der Waals surface area contributed by atoms with Crippen LogP contribution in [0.2, 0.25) is 0 Å². The number of carbonyl (C=O) groups excluding carboxylic acids is 1. The van der Waals surface area contributed by atoms with E-state index in [0.717, 1.165) is 18.0 Å². The number of hydrogen-bond acceptors (Lipinski definition) is 7. The first-order chi connectivity index (χ1) is 10.1. The molecule has 0 radical (unpaired) electrons. The number of aromatic nitrogens is 1. The Balaban J connectivity index is 2.22. The smallest absolute Gasteiger partial charge is 0.265 e. The first kappa shape index (κ1) is 17.7. The van der Waals surface area contributed by atoms with E-state index in [1.807, 2.05) is 19.0 Å². The van der Waals surface area contributed by atoms with E-state index in [4.69, 9.17) is 15.2 Å². The van der Waals surface area contributed by atoms with Crippen LogP contribution in [0.15, 0.2) is 0 Å². The van der Waals surface area contributed by atoms with Crippen LogP contribution in [0.1, 0.15) is 22.5 Å². The van der Waals surface area contributed by atoms with Crippen LogP contribution in [0.3, 0.4) is 0 Å². The summed E-state index contributed by atoms with van der Waals surface area (Å²) < 4.78 is 10.2. The largest absolute Gasteiger partial charge is 0.382 e. The number of thiazole rings is 1. The number of amides is 1. The molecule has 1 aromatic rings. The summed E-state index contributed by atoms with van der Waals surface area (Å²) in [6.07, 6.45) is 1.75. The van der Waals surface area contributed by atoms with Gasteiger partial charge < -0.3 is 25.4 Å². The molecule has 0 aliphatic rings. The van der Waals surface area contributed by atoms with E-state index >= 15 is 0 Å². The van der Waals surface area contributed by atoms with E-state index in [2.05, 4.69) is 10.3 Å². The van der Waals surface area contributed by atoms with Gasteiger partial charge in [0, 0.05) is 34.4 Å². The number of methoxy groups -OCH3 is 1. The summed E-state index contributed by atoms with van der Waals surface area (Å²) in [7, 11) is 5.37. The van der Waals surface area contributed by atoms with Gasteiger partial charge in [0.1, 0.15) is 10.7 Å². The van der Waals surface area contributed by atoms with Crippen LogP contribution in [-0.4, -0.2) is 58.5 Å². The maximum Gasteiger partial charge on any atom is 0.265 e. The number of carbonyl (C=O) groups is 1. The average Bonchev–Trinajstić information content (AvgIpc) is 2.84. The maximum atomic E-state index is 12.0. The normalized spacial score (nSPS) is 10.6. The van der Waals surface area contributed by atoms with E-state index < -0.39 is 0 Å². The maximum absolute atomic E-state index is 12.0. The summed E-state index contributed by atoms with van der Waals surface area (Å²) in [5, 5.41) is 3.57. The van der Waals surface area contributed by atoms with Gasteiger partial charge in [-0.05, 0) is 12.8 Å². The van der Waals surface area contributed by atoms with Gasteiger partial charge in [-0.15, -0.1) is 0 Å². The fourth-order valence-corrected chi connectivity index (χ4v) is 2.35. The molecule has 0 aromatic carbocycles. The van der Waals surface area contributed by atoms with E-state index in [0.29, 0.717) is 31.2 Å². The van der Waals surface area contributed by atoms with Gasteiger partial charge in [0.05, 0.1) is 13.2 Å². The van der Waals surface area contributed by atoms with Gasteiger partial charge in [-0.2, -0.15) is 0 Å². The minimum atomic E-state index is -0.168. The van der Waals surface area contributed by atoms with Crippen molar-refractivity contribution in [3.05, 3.63) is 4.88 Å². The fourth-order valence-electron chi connectivity index (χ4n) is 1.53. The van der Waals surface area contributed by atoms with Crippen LogP contribution in [0, 0.1) is 0 Å². The summed E-state index contributed by atoms with van der Waals surface area (Å²) in [6.45, 7) is 2.48. The molecule has 3 N–H and O–H groups in total. The summed E-state index contributed by atoms with van der Waals surface area (Å²) >= 11 is 1.29. The minimum Gasteiger partial charge on any atom is -0.382 e. The van der Waals surface area contributed by atoms with Gasteiger partial charge >= 0.3 is 0 Å². The molecule has 0 saturated heterocycles. The van der Waals surface area contributed by atoms with E-state index in [1.165, 1.54) is 11.3 Å². The highest BCUT2D eigenvalue weighted by atomic mass is 32.1. The molecule has 1 amide bonds. The second-order valence-corrected chi connectivity index (χ2v) is 5.65. The molecule has 0 unspecified atom stereocenters. The highest BCUT2D eigenvalue weighted by Crippen LogP contribution is 2.26. The molecule has 120 valence electrons. The lowest BCUT2D eigenvalue weighted by molar-refractivity contribution is 0.0686. The van der Waals surface area contributed by atoms with E-state index in [9.17, 15) is 4.79 Å². The van der Waals surface area contributed by atoms with Crippen LogP contribution in [-0.2, 0) is 9.47 Å². The predicted molar refractivity (Wildman–Crippen MR) is 85.1 cm³/mol. The SMILES string of the molecule is COCCOCCCCNC(=O)c1sc(N(C)C)nc1N. The Hall–Kier alpha value is -1.38. The molecule has 21 heavy (non-hydrogen) atoms. The molecule has 0 spiro atoms. The van der Waals surface area contributed by atoms with Crippen molar-refractivity contribution >= 4 is 28.2 Å². The van der Waals surface area contributed by atoms with Gasteiger partial charge in [-0.25, -0.2) is 4.98 Å². The fraction of sp³-hybridized carbons (Fsp3) is 0.692. The number of nitrogens with zero attached hydrogens (tertiary/aromatic N) is 2. The zero-order valence-corrected chi connectivity index (χ0v) is 13.7. The number of hydrogen-bond donors (Lipinski definition) is 2. The van der Waals surface area contributed by atoms with Gasteiger partial charge in [-0.3, -0.25) is 4.79 Å². The van der Waals surface area contributed by atoms with Crippen LogP contribution in [0.5, 0.6) is 0 Å². The van der Waals surface area contributed by atoms with Crippen LogP contribution in [0.4, 0.5) is 10.9 Å². The Morgan fingerprint density at radius 3 is 2.71 bits per heavy atom. The summed E-state index contributed by atoms with van der Waals surface area (Å²) in [5.41, 5.74) is 5.76. The van der Waals surface area contributed by atoms with Crippen molar-refractivity contribution < 1.29 is 14.3 Å². The standard InChI is InChI=1S/C13H24N4O3S/c1-17(2)13-16-11(14)10(21-13)12(18)15-6-4-5-7-20-9-8-19-3/h4-9,14H2,1-3H3,(H,15,18). The molecule has 7 nitrogen and oxygen atoms in total. The number of anilines is 2. The van der Waals surface area contributed by atoms with Gasteiger partial charge in [0.25, 0.3) is 5.91 Å². The van der Waals surface area contributed by atoms with E-state index in [-0.39, 0.29) is 11.7 Å². The summed E-state index contributed by atoms with van der Waals surface area (Å²) in [4.78, 5) is 18.4. The molecule has 0 atom stereocenters. The molecule has 0 fully saturated rings. The van der Waals surface area contributed by atoms with Crippen molar-refractivity contribution in [2.24, 2.45) is 0 Å². The quantitative estimate of drug-likeness (QED) is 0.625. The van der Waals surface area contributed by atoms with Crippen molar-refractivity contribution in [1.29, 1.82) is 0 Å². The lowest BCUT2D eigenvalue weighted by atomic mass is 10.3. The highest BCUT2D eigenvalue weighted by molar-refractivity contribution is 7.18. The number of rotatable bonds is 10. The molecule has 1 aromatic heterocycles. The Kier molecular flexibility index (Phi) is 8.03. The van der Waals surface area contributed by atoms with Crippen molar-refractivity contribution in [3.8, 4) is 0 Å². The summed E-state index contributed by atoms with van der Waals surface area (Å²) in [6, 6.07) is 0. The molecule has 8 heteroatoms. The molecule has 0 aliphatic heterocycles. The molecule has 0 bridgehead atoms. The second kappa shape index (κ2) is 9.54. The summed E-state index contributed by atoms with van der Waals surface area (Å²) in [5.74, 6) is 0.113. The number of ether oxygens (including phenoxy) is 2. The molecular formula is C13H24N4O3S. The molecule has 1 heterocycles. The average molecular weight is 316 g/mol. The van der Waals surface area contributed by atoms with E-state index in [1.54, 1.807) is 7.11 Å². The third-order valence-corrected chi connectivity index (χ3v) is 3.90. The van der Waals surface area contributed by atoms with Crippen LogP contribution >= 0.6 is 11.3 Å². The Labute approximate surface area is 129 Å². The van der Waals surface area contributed by atoms with Crippen LogP contribution < -0.4 is 16.0 Å². The monoisotopic (exact) mass is 316 g/mol. The van der Waals surface area contributed by atoms with Crippen molar-refractivity contribution in [3.63, 3.8) is 0 Å². The minimum absolute atomic E-state index is 0.168. The van der Waals surface area contributed by atoms with Crippen molar-refractivity contribution in [1.82, 2.24) is 10.3 Å². The number of nitrogens with one attached hydrogen (secondary N) is 1. The Morgan fingerprint density at radius 2 is 2.10 bits per heavy atom. The predicted octanol–water partition coefficient (Wildman–Crippen LogP) is 0.964. The second-order valence-electron chi connectivity index (χ2n) is 4.67. The molecular weight excluding hydrogens is 292 g/mol. The lowest BCUT2D eigenvalue weighted by Gasteiger charge is -2.06. The Morgan fingerprint density at radius 1 is 1.33 bits per heavy atom. The van der Waals surface area contributed by atoms with Crippen molar-refractivity contribution in [2.75, 3.05) is 58.2 Å². The van der Waals surface area contributed by atoms with Crippen molar-refractivity contribution in [2.45, 2.75) is 12.8 Å². The number of nitrogens with two attached hydrogens (primary N) is 1. The first-order valence-electron chi connectivity index (χ1n) is 6.84. The Bertz CT molecular complexity index is 437. The van der Waals surface area contributed by atoms with Gasteiger partial charge in [0.2, 0.25) is 0 Å². The molecule has 1 rings (SSSR count). The van der Waals surface area contributed by atoms with Crippen LogP contribution in [0.25, 0.3) is 0 Å². The van der Waals surface area contributed by atoms with Gasteiger partial charge in [0.15, 0.2) is 5.13 Å². The van der Waals surface area contributed by atoms with Gasteiger partial charge in [-0.1, -0.05) is 11.3 Å². The topological polar surface area (TPSA) is 89.7 Å². The third-order valence-electron chi connectivity index (χ3n) is 2.66. The lowest BCUT2D eigenvalue weighted by Crippen LogP contribution is -2.24. The zero-order valence-electron chi connectivity index (χ0n) is 12.8. The molecule has 0 saturated carbocycles. The number of nitrogen functional groups attached to an aromatic ring is 1.